The fourth-order valence-electron chi connectivity index (χ4n) is 4.64. The van der Waals surface area contributed by atoms with E-state index in [2.05, 4.69) is 16.7 Å². The molecule has 3 heterocycles. The summed E-state index contributed by atoms with van der Waals surface area (Å²) in [6.07, 6.45) is 1.58. The fourth-order valence-corrected chi connectivity index (χ4v) is 4.64. The number of fused-ring (bicyclic) bond motifs is 1. The lowest BCUT2D eigenvalue weighted by atomic mass is 9.98. The first-order valence-corrected chi connectivity index (χ1v) is 12.2. The molecule has 2 aromatic heterocycles. The number of nitrogens with zero attached hydrogens (tertiary/aromatic N) is 5. The number of aromatic nitrogens is 3. The zero-order chi connectivity index (χ0) is 27.8. The molecule has 0 bridgehead atoms. The number of benzene rings is 2. The van der Waals surface area contributed by atoms with Crippen LogP contribution in [0.25, 0.3) is 11.4 Å². The lowest BCUT2D eigenvalue weighted by Crippen LogP contribution is -2.38. The fraction of sp³-hybridized carbons (Fsp3) is 0.138. The molecule has 2 N–H and O–H groups in total. The summed E-state index contributed by atoms with van der Waals surface area (Å²) < 4.78 is 1.28. The van der Waals surface area contributed by atoms with Crippen molar-refractivity contribution in [3.63, 3.8) is 0 Å². The molecule has 0 saturated carbocycles. The average molecular weight is 523 g/mol. The number of rotatable bonds is 6. The molecule has 2 aromatic carbocycles. The number of aliphatic imine (C=N–C) groups is 1. The quantitative estimate of drug-likeness (QED) is 0.392. The Hall–Kier alpha value is -5.25. The van der Waals surface area contributed by atoms with Crippen LogP contribution in [0.15, 0.2) is 83.2 Å². The second kappa shape index (κ2) is 9.90. The Labute approximate surface area is 224 Å². The number of carboxylic acids is 1. The van der Waals surface area contributed by atoms with E-state index in [-0.39, 0.29) is 29.2 Å². The molecule has 0 saturated heterocycles. The molecule has 10 heteroatoms. The number of carbonyl (C=O) groups excluding carboxylic acids is 1. The number of aryl methyl sites for hydroxylation is 2. The van der Waals surface area contributed by atoms with Gasteiger partial charge >= 0.3 is 5.97 Å². The molecule has 0 fully saturated rings. The number of likely N-dealkylation sites (N-methyl/N-ethyl adjacent to an activating group) is 1. The van der Waals surface area contributed by atoms with Crippen LogP contribution < -0.4 is 15.4 Å². The van der Waals surface area contributed by atoms with Crippen molar-refractivity contribution in [3.05, 3.63) is 100 Å². The van der Waals surface area contributed by atoms with Gasteiger partial charge in [-0.2, -0.15) is 4.68 Å². The molecule has 0 atom stereocenters. The molecule has 5 rings (SSSR count). The highest BCUT2D eigenvalue weighted by Crippen LogP contribution is 2.37. The third kappa shape index (κ3) is 4.52. The van der Waals surface area contributed by atoms with Crippen molar-refractivity contribution in [2.75, 3.05) is 23.4 Å². The second-order valence-electron chi connectivity index (χ2n) is 9.26. The minimum absolute atomic E-state index is 0.0356. The minimum atomic E-state index is -0.944. The molecule has 0 radical (unpaired) electrons. The second-order valence-corrected chi connectivity index (χ2v) is 9.26. The molecule has 196 valence electrons. The molecule has 0 unspecified atom stereocenters. The predicted octanol–water partition coefficient (Wildman–Crippen LogP) is 4.16. The summed E-state index contributed by atoms with van der Waals surface area (Å²) in [6.45, 7) is 7.63. The first-order valence-electron chi connectivity index (χ1n) is 12.2. The highest BCUT2D eigenvalue weighted by Gasteiger charge is 2.38. The van der Waals surface area contributed by atoms with Crippen molar-refractivity contribution in [2.45, 2.75) is 13.8 Å². The number of amides is 1. The number of para-hydroxylation sites is 1. The van der Waals surface area contributed by atoms with E-state index in [0.29, 0.717) is 22.9 Å². The van der Waals surface area contributed by atoms with Crippen LogP contribution in [0, 0.1) is 13.8 Å². The van der Waals surface area contributed by atoms with E-state index in [4.69, 9.17) is 10.1 Å². The maximum absolute atomic E-state index is 14.0. The molecular formula is C29H26N6O4. The Morgan fingerprint density at radius 1 is 1.08 bits per heavy atom. The summed E-state index contributed by atoms with van der Waals surface area (Å²) in [6, 6.07) is 17.8. The van der Waals surface area contributed by atoms with Gasteiger partial charge in [0.15, 0.2) is 5.82 Å². The van der Waals surface area contributed by atoms with Crippen molar-refractivity contribution >= 4 is 46.0 Å². The third-order valence-electron chi connectivity index (χ3n) is 6.49. The maximum Gasteiger partial charge on any atom is 0.323 e. The molecule has 1 amide bonds. The van der Waals surface area contributed by atoms with Gasteiger partial charge in [0.05, 0.1) is 16.9 Å². The number of hydrogen-bond acceptors (Lipinski definition) is 6. The van der Waals surface area contributed by atoms with E-state index in [1.165, 1.54) is 9.58 Å². The van der Waals surface area contributed by atoms with Crippen molar-refractivity contribution in [1.82, 2.24) is 14.8 Å². The summed E-state index contributed by atoms with van der Waals surface area (Å²) in [7, 11) is 1.69. The van der Waals surface area contributed by atoms with E-state index in [1.807, 2.05) is 32.0 Å². The van der Waals surface area contributed by atoms with Crippen molar-refractivity contribution in [3.8, 4) is 5.82 Å². The molecule has 39 heavy (non-hydrogen) atoms. The van der Waals surface area contributed by atoms with Gasteiger partial charge in [0.25, 0.3) is 11.5 Å². The molecule has 0 aliphatic carbocycles. The SMILES string of the molecule is C=C1C(=Nc2c(C)cc(N(C)CC(=O)O)cc2C)C(=O)N(c2ccccc2)c2[nH]n(-c3ccccn3)c(=O)c21. The van der Waals surface area contributed by atoms with Crippen molar-refractivity contribution in [1.29, 1.82) is 0 Å². The van der Waals surface area contributed by atoms with Crippen molar-refractivity contribution in [2.24, 2.45) is 4.99 Å². The van der Waals surface area contributed by atoms with Gasteiger partial charge < -0.3 is 10.0 Å². The molecule has 0 spiro atoms. The summed E-state index contributed by atoms with van der Waals surface area (Å²) in [4.78, 5) is 50.9. The standard InChI is InChI=1S/C29H26N6O4/c1-17-14-21(33(4)16-23(36)37)15-18(2)25(17)31-26-19(3)24-27(34(29(26)39)20-10-6-5-7-11-20)32-35(28(24)38)22-12-8-9-13-30-22/h5-15,32H,3,16H2,1-2,4H3,(H,36,37). The first-order chi connectivity index (χ1) is 18.7. The number of carboxylic acid groups (broad SMARTS) is 1. The number of pyridine rings is 1. The largest absolute Gasteiger partial charge is 0.480 e. The maximum atomic E-state index is 14.0. The highest BCUT2D eigenvalue weighted by molar-refractivity contribution is 6.61. The Bertz CT molecular complexity index is 1680. The summed E-state index contributed by atoms with van der Waals surface area (Å²) >= 11 is 0. The van der Waals surface area contributed by atoms with Crippen LogP contribution in [0.3, 0.4) is 0 Å². The van der Waals surface area contributed by atoms with Gasteiger partial charge in [0.2, 0.25) is 0 Å². The van der Waals surface area contributed by atoms with Crippen LogP contribution in [0.5, 0.6) is 0 Å². The van der Waals surface area contributed by atoms with Crippen LogP contribution in [0.1, 0.15) is 16.7 Å². The van der Waals surface area contributed by atoms with Crippen LogP contribution in [0.4, 0.5) is 22.9 Å². The van der Waals surface area contributed by atoms with E-state index in [9.17, 15) is 14.4 Å². The van der Waals surface area contributed by atoms with E-state index >= 15 is 0 Å². The van der Waals surface area contributed by atoms with Crippen LogP contribution >= 0.6 is 0 Å². The lowest BCUT2D eigenvalue weighted by molar-refractivity contribution is -0.135. The smallest absolute Gasteiger partial charge is 0.323 e. The highest BCUT2D eigenvalue weighted by atomic mass is 16.4. The molecule has 1 aliphatic rings. The first kappa shape index (κ1) is 25.4. The molecule has 4 aromatic rings. The average Bonchev–Trinajstić information content (AvgIpc) is 3.25. The number of hydrogen-bond donors (Lipinski definition) is 2. The Morgan fingerprint density at radius 2 is 1.74 bits per heavy atom. The third-order valence-corrected chi connectivity index (χ3v) is 6.49. The summed E-state index contributed by atoms with van der Waals surface area (Å²) in [5.41, 5.74) is 3.34. The van der Waals surface area contributed by atoms with Gasteiger partial charge in [0.1, 0.15) is 18.1 Å². The summed E-state index contributed by atoms with van der Waals surface area (Å²) in [5.74, 6) is -0.735. The number of carbonyl (C=O) groups is 2. The molecule has 10 nitrogen and oxygen atoms in total. The summed E-state index contributed by atoms with van der Waals surface area (Å²) in [5, 5.41) is 12.2. The van der Waals surface area contributed by atoms with Gasteiger partial charge in [-0.05, 0) is 61.4 Å². The lowest BCUT2D eigenvalue weighted by Gasteiger charge is -2.28. The van der Waals surface area contributed by atoms with Crippen molar-refractivity contribution < 1.29 is 14.7 Å². The monoisotopic (exact) mass is 522 g/mol. The van der Waals surface area contributed by atoms with E-state index < -0.39 is 17.4 Å². The normalized spacial score (nSPS) is 14.0. The number of anilines is 3. The van der Waals surface area contributed by atoms with Crippen LogP contribution in [0.2, 0.25) is 0 Å². The number of nitrogens with one attached hydrogen (secondary N) is 1. The van der Waals surface area contributed by atoms with Crippen LogP contribution in [-0.4, -0.2) is 51.1 Å². The van der Waals surface area contributed by atoms with Gasteiger partial charge in [-0.15, -0.1) is 0 Å². The van der Waals surface area contributed by atoms with Gasteiger partial charge in [0, 0.05) is 24.5 Å². The van der Waals surface area contributed by atoms with Gasteiger partial charge in [-0.1, -0.05) is 30.8 Å². The topological polar surface area (TPSA) is 124 Å². The van der Waals surface area contributed by atoms with Crippen LogP contribution in [-0.2, 0) is 9.59 Å². The van der Waals surface area contributed by atoms with Gasteiger partial charge in [-0.3, -0.25) is 24.4 Å². The number of aliphatic carboxylic acids is 1. The Morgan fingerprint density at radius 3 is 2.36 bits per heavy atom. The predicted molar refractivity (Wildman–Crippen MR) is 151 cm³/mol. The Kier molecular flexibility index (Phi) is 6.45. The minimum Gasteiger partial charge on any atom is -0.480 e. The van der Waals surface area contributed by atoms with E-state index in [1.54, 1.807) is 60.6 Å². The molecule has 1 aliphatic heterocycles. The number of aromatic amines is 1. The zero-order valence-corrected chi connectivity index (χ0v) is 21.7. The number of H-pyrrole nitrogens is 1. The molecular weight excluding hydrogens is 496 g/mol. The van der Waals surface area contributed by atoms with Gasteiger partial charge in [-0.25, -0.2) is 9.98 Å². The zero-order valence-electron chi connectivity index (χ0n) is 21.7. The Balaban J connectivity index is 1.68. The van der Waals surface area contributed by atoms with E-state index in [0.717, 1.165) is 11.1 Å².